The number of carbonyl (C=O) groups is 1. The van der Waals surface area contributed by atoms with E-state index >= 15 is 0 Å². The molecule has 7 nitrogen and oxygen atoms in total. The maximum Gasteiger partial charge on any atom is 0.270 e. The van der Waals surface area contributed by atoms with E-state index in [1.54, 1.807) is 43.2 Å². The number of pyridine rings is 3. The second kappa shape index (κ2) is 8.66. The molecular weight excluding hydrogens is 386 g/mol. The molecule has 0 aliphatic carbocycles. The fourth-order valence-corrected chi connectivity index (χ4v) is 3.78. The number of nitrogens with zero attached hydrogens (tertiary/aromatic N) is 3. The van der Waals surface area contributed by atoms with Crippen molar-refractivity contribution >= 4 is 32.3 Å². The van der Waals surface area contributed by atoms with Crippen LogP contribution in [0.15, 0.2) is 61.2 Å². The van der Waals surface area contributed by atoms with Gasteiger partial charge in [-0.3, -0.25) is 14.8 Å². The first kappa shape index (κ1) is 18.8. The van der Waals surface area contributed by atoms with Crippen molar-refractivity contribution in [3.8, 4) is 5.88 Å². The Morgan fingerprint density at radius 3 is 2.72 bits per heavy atom. The number of aromatic nitrogens is 3. The Kier molecular flexibility index (Phi) is 5.62. The minimum atomic E-state index is -0.205. The van der Waals surface area contributed by atoms with Crippen molar-refractivity contribution in [3.05, 3.63) is 78.0 Å². The van der Waals surface area contributed by atoms with E-state index in [9.17, 15) is 4.79 Å². The lowest BCUT2D eigenvalue weighted by Crippen LogP contribution is -2.23. The Morgan fingerprint density at radius 1 is 1.07 bits per heavy atom. The van der Waals surface area contributed by atoms with Gasteiger partial charge in [0.1, 0.15) is 5.69 Å². The van der Waals surface area contributed by atoms with Gasteiger partial charge in [-0.05, 0) is 29.3 Å². The molecule has 1 amide bonds. The summed E-state index contributed by atoms with van der Waals surface area (Å²) in [7, 11) is 1.59. The second-order valence-electron chi connectivity index (χ2n) is 6.29. The fraction of sp³-hybridized carbons (Fsp3) is 0.143. The quantitative estimate of drug-likeness (QED) is 0.488. The smallest absolute Gasteiger partial charge is 0.270 e. The van der Waals surface area contributed by atoms with Crippen LogP contribution in [0, 0.1) is 0 Å². The highest BCUT2D eigenvalue weighted by molar-refractivity contribution is 7.22. The lowest BCUT2D eigenvalue weighted by atomic mass is 10.2. The van der Waals surface area contributed by atoms with Gasteiger partial charge in [-0.15, -0.1) is 11.3 Å². The van der Waals surface area contributed by atoms with Gasteiger partial charge >= 0.3 is 0 Å². The SMILES string of the molecule is COc1ccc(CNc2cc3c(C(=O)NCc4cccnc4)nccc3s2)cn1. The molecular formula is C21H19N5O2S. The summed E-state index contributed by atoms with van der Waals surface area (Å²) in [4.78, 5) is 25.2. The molecule has 0 aliphatic rings. The summed E-state index contributed by atoms with van der Waals surface area (Å²) in [6, 6.07) is 11.4. The molecule has 8 heteroatoms. The van der Waals surface area contributed by atoms with Gasteiger partial charge < -0.3 is 15.4 Å². The Balaban J connectivity index is 1.46. The van der Waals surface area contributed by atoms with Crippen LogP contribution in [0.2, 0.25) is 0 Å². The van der Waals surface area contributed by atoms with E-state index in [4.69, 9.17) is 4.74 Å². The molecule has 0 bridgehead atoms. The third kappa shape index (κ3) is 4.49. The monoisotopic (exact) mass is 405 g/mol. The number of nitrogens with one attached hydrogen (secondary N) is 2. The van der Waals surface area contributed by atoms with Crippen LogP contribution in [-0.2, 0) is 13.1 Å². The molecule has 4 rings (SSSR count). The van der Waals surface area contributed by atoms with Gasteiger partial charge in [0.15, 0.2) is 0 Å². The van der Waals surface area contributed by atoms with E-state index in [-0.39, 0.29) is 5.91 Å². The van der Waals surface area contributed by atoms with Crippen LogP contribution in [0.25, 0.3) is 10.1 Å². The zero-order valence-corrected chi connectivity index (χ0v) is 16.6. The summed E-state index contributed by atoms with van der Waals surface area (Å²) in [5, 5.41) is 8.08. The highest BCUT2D eigenvalue weighted by atomic mass is 32.1. The minimum Gasteiger partial charge on any atom is -0.481 e. The standard InChI is InChI=1S/C21H19N5O2S/c1-28-18-5-4-15(11-24-18)12-25-19-9-16-17(29-19)6-8-23-20(16)21(27)26-13-14-3-2-7-22-10-14/h2-11,25H,12-13H2,1H3,(H,26,27). The number of anilines is 1. The molecule has 146 valence electrons. The third-order valence-electron chi connectivity index (χ3n) is 4.31. The van der Waals surface area contributed by atoms with Crippen LogP contribution in [0.3, 0.4) is 0 Å². The van der Waals surface area contributed by atoms with Crippen molar-refractivity contribution in [1.29, 1.82) is 0 Å². The molecule has 0 unspecified atom stereocenters. The molecule has 29 heavy (non-hydrogen) atoms. The Bertz CT molecular complexity index is 1110. The summed E-state index contributed by atoms with van der Waals surface area (Å²) < 4.78 is 6.08. The number of rotatable bonds is 7. The average molecular weight is 405 g/mol. The number of thiophene rings is 1. The van der Waals surface area contributed by atoms with Gasteiger partial charge in [0, 0.05) is 54.0 Å². The summed E-state index contributed by atoms with van der Waals surface area (Å²) in [6.07, 6.45) is 6.87. The lowest BCUT2D eigenvalue weighted by molar-refractivity contribution is 0.0948. The van der Waals surface area contributed by atoms with E-state index in [1.165, 1.54) is 0 Å². The molecule has 0 aliphatic heterocycles. The highest BCUT2D eigenvalue weighted by Crippen LogP contribution is 2.31. The van der Waals surface area contributed by atoms with Crippen LogP contribution in [0.5, 0.6) is 5.88 Å². The Labute approximate surface area is 171 Å². The molecule has 0 aromatic carbocycles. The van der Waals surface area contributed by atoms with Gasteiger partial charge in [-0.2, -0.15) is 0 Å². The molecule has 0 saturated carbocycles. The molecule has 0 fully saturated rings. The first-order chi connectivity index (χ1) is 14.2. The van der Waals surface area contributed by atoms with Gasteiger partial charge in [0.25, 0.3) is 5.91 Å². The first-order valence-corrected chi connectivity index (χ1v) is 9.83. The van der Waals surface area contributed by atoms with Crippen LogP contribution in [0.4, 0.5) is 5.00 Å². The van der Waals surface area contributed by atoms with Crippen molar-refractivity contribution in [1.82, 2.24) is 20.3 Å². The highest BCUT2D eigenvalue weighted by Gasteiger charge is 2.14. The third-order valence-corrected chi connectivity index (χ3v) is 5.37. The van der Waals surface area contributed by atoms with Crippen molar-refractivity contribution in [3.63, 3.8) is 0 Å². The van der Waals surface area contributed by atoms with Gasteiger partial charge in [0.05, 0.1) is 12.1 Å². The topological polar surface area (TPSA) is 89.0 Å². The second-order valence-corrected chi connectivity index (χ2v) is 7.37. The summed E-state index contributed by atoms with van der Waals surface area (Å²) in [5.41, 5.74) is 2.39. The molecule has 4 aromatic rings. The van der Waals surface area contributed by atoms with E-state index in [1.807, 2.05) is 36.4 Å². The van der Waals surface area contributed by atoms with Crippen LogP contribution >= 0.6 is 11.3 Å². The minimum absolute atomic E-state index is 0.205. The number of hydrogen-bond acceptors (Lipinski definition) is 7. The van der Waals surface area contributed by atoms with Crippen LogP contribution in [-0.4, -0.2) is 28.0 Å². The number of methoxy groups -OCH3 is 1. The van der Waals surface area contributed by atoms with Crippen molar-refractivity contribution < 1.29 is 9.53 Å². The normalized spacial score (nSPS) is 10.7. The van der Waals surface area contributed by atoms with Crippen molar-refractivity contribution in [2.45, 2.75) is 13.1 Å². The maximum absolute atomic E-state index is 12.7. The number of fused-ring (bicyclic) bond motifs is 1. The van der Waals surface area contributed by atoms with E-state index in [0.717, 1.165) is 26.2 Å². The Morgan fingerprint density at radius 2 is 1.97 bits per heavy atom. The molecule has 0 saturated heterocycles. The molecule has 4 aromatic heterocycles. The average Bonchev–Trinajstić information content (AvgIpc) is 3.20. The molecule has 2 N–H and O–H groups in total. The van der Waals surface area contributed by atoms with E-state index < -0.39 is 0 Å². The van der Waals surface area contributed by atoms with Crippen molar-refractivity contribution in [2.75, 3.05) is 12.4 Å². The zero-order chi connectivity index (χ0) is 20.1. The largest absolute Gasteiger partial charge is 0.481 e. The molecule has 4 heterocycles. The van der Waals surface area contributed by atoms with Crippen LogP contribution in [0.1, 0.15) is 21.6 Å². The van der Waals surface area contributed by atoms with Gasteiger partial charge in [-0.25, -0.2) is 4.98 Å². The molecule has 0 spiro atoms. The predicted molar refractivity (Wildman–Crippen MR) is 113 cm³/mol. The van der Waals surface area contributed by atoms with Gasteiger partial charge in [-0.1, -0.05) is 12.1 Å². The van der Waals surface area contributed by atoms with E-state index in [0.29, 0.717) is 24.7 Å². The number of ether oxygens (including phenoxy) is 1. The molecule has 0 atom stereocenters. The predicted octanol–water partition coefficient (Wildman–Crippen LogP) is 3.64. The summed E-state index contributed by atoms with van der Waals surface area (Å²) in [6.45, 7) is 1.03. The number of amides is 1. The first-order valence-electron chi connectivity index (χ1n) is 9.01. The number of hydrogen-bond donors (Lipinski definition) is 2. The fourth-order valence-electron chi connectivity index (χ4n) is 2.83. The number of carbonyl (C=O) groups excluding carboxylic acids is 1. The summed E-state index contributed by atoms with van der Waals surface area (Å²) in [5.74, 6) is 0.381. The molecule has 0 radical (unpaired) electrons. The van der Waals surface area contributed by atoms with E-state index in [2.05, 4.69) is 25.6 Å². The Hall–Kier alpha value is -3.52. The summed E-state index contributed by atoms with van der Waals surface area (Å²) >= 11 is 1.58. The lowest BCUT2D eigenvalue weighted by Gasteiger charge is -2.05. The van der Waals surface area contributed by atoms with Gasteiger partial charge in [0.2, 0.25) is 5.88 Å². The van der Waals surface area contributed by atoms with Crippen LogP contribution < -0.4 is 15.4 Å². The van der Waals surface area contributed by atoms with Crippen molar-refractivity contribution in [2.24, 2.45) is 0 Å². The zero-order valence-electron chi connectivity index (χ0n) is 15.8. The maximum atomic E-state index is 12.7.